The fourth-order valence-electron chi connectivity index (χ4n) is 5.51. The van der Waals surface area contributed by atoms with E-state index in [1.165, 1.54) is 44.2 Å². The van der Waals surface area contributed by atoms with E-state index in [4.69, 9.17) is 9.72 Å². The van der Waals surface area contributed by atoms with E-state index in [1.807, 2.05) is 0 Å². The maximum Gasteiger partial charge on any atom is 0.183 e. The molecular weight excluding hydrogens is 280 g/mol. The van der Waals surface area contributed by atoms with Crippen LogP contribution in [0.15, 0.2) is 5.38 Å². The predicted molar refractivity (Wildman–Crippen MR) is 86.9 cm³/mol. The number of thiazole rings is 1. The molecule has 116 valence electrons. The Morgan fingerprint density at radius 1 is 1.29 bits per heavy atom. The van der Waals surface area contributed by atoms with Gasteiger partial charge in [-0.1, -0.05) is 0 Å². The van der Waals surface area contributed by atoms with Crippen molar-refractivity contribution in [1.29, 1.82) is 0 Å². The summed E-state index contributed by atoms with van der Waals surface area (Å²) in [6, 6.07) is 0.324. The van der Waals surface area contributed by atoms with Gasteiger partial charge >= 0.3 is 0 Å². The number of anilines is 1. The van der Waals surface area contributed by atoms with Crippen molar-refractivity contribution in [3.8, 4) is 0 Å². The normalized spacial score (nSPS) is 38.7. The van der Waals surface area contributed by atoms with Crippen LogP contribution in [-0.4, -0.2) is 24.7 Å². The summed E-state index contributed by atoms with van der Waals surface area (Å²) < 4.78 is 5.20. The zero-order valence-electron chi connectivity index (χ0n) is 13.1. The summed E-state index contributed by atoms with van der Waals surface area (Å²) in [7, 11) is 1.75. The van der Waals surface area contributed by atoms with Crippen LogP contribution in [0.5, 0.6) is 0 Å². The van der Waals surface area contributed by atoms with Crippen LogP contribution in [0.2, 0.25) is 0 Å². The highest BCUT2D eigenvalue weighted by Gasteiger charge is 2.52. The van der Waals surface area contributed by atoms with Gasteiger partial charge < -0.3 is 10.1 Å². The molecule has 0 saturated heterocycles. The van der Waals surface area contributed by atoms with Crippen molar-refractivity contribution >= 4 is 16.5 Å². The molecule has 4 fully saturated rings. The predicted octanol–water partition coefficient (Wildman–Crippen LogP) is 4.06. The summed E-state index contributed by atoms with van der Waals surface area (Å²) >= 11 is 1.77. The quantitative estimate of drug-likeness (QED) is 0.891. The Morgan fingerprint density at radius 2 is 1.90 bits per heavy atom. The van der Waals surface area contributed by atoms with E-state index in [2.05, 4.69) is 17.6 Å². The Balaban J connectivity index is 1.53. The topological polar surface area (TPSA) is 34.1 Å². The van der Waals surface area contributed by atoms with Crippen molar-refractivity contribution in [2.45, 2.75) is 56.9 Å². The van der Waals surface area contributed by atoms with Gasteiger partial charge in [0.05, 0.1) is 12.3 Å². The molecule has 4 aliphatic rings. The average molecular weight is 306 g/mol. The van der Waals surface area contributed by atoms with E-state index in [-0.39, 0.29) is 0 Å². The highest BCUT2D eigenvalue weighted by atomic mass is 32.1. The van der Waals surface area contributed by atoms with Crippen LogP contribution in [-0.2, 0) is 10.2 Å². The molecule has 4 saturated carbocycles. The van der Waals surface area contributed by atoms with Gasteiger partial charge in [0.25, 0.3) is 0 Å². The molecule has 4 bridgehead atoms. The Hall–Kier alpha value is -0.610. The first kappa shape index (κ1) is 14.0. The fourth-order valence-corrected chi connectivity index (χ4v) is 6.46. The third kappa shape index (κ3) is 2.50. The van der Waals surface area contributed by atoms with Crippen molar-refractivity contribution < 1.29 is 4.74 Å². The van der Waals surface area contributed by atoms with Crippen LogP contribution in [0.25, 0.3) is 0 Å². The molecule has 0 spiro atoms. The Kier molecular flexibility index (Phi) is 3.49. The van der Waals surface area contributed by atoms with Crippen LogP contribution in [0.1, 0.15) is 51.1 Å². The van der Waals surface area contributed by atoms with Crippen LogP contribution in [0.4, 0.5) is 5.13 Å². The van der Waals surface area contributed by atoms with E-state index in [0.29, 0.717) is 11.5 Å². The second-order valence-electron chi connectivity index (χ2n) is 7.74. The van der Waals surface area contributed by atoms with Crippen LogP contribution in [0, 0.1) is 17.8 Å². The number of ether oxygens (including phenoxy) is 1. The van der Waals surface area contributed by atoms with E-state index in [9.17, 15) is 0 Å². The Labute approximate surface area is 131 Å². The zero-order valence-corrected chi connectivity index (χ0v) is 13.9. The van der Waals surface area contributed by atoms with E-state index >= 15 is 0 Å². The molecule has 0 aliphatic heterocycles. The molecule has 4 aliphatic carbocycles. The van der Waals surface area contributed by atoms with Crippen molar-refractivity contribution in [2.75, 3.05) is 19.0 Å². The average Bonchev–Trinajstić information content (AvgIpc) is 2.86. The van der Waals surface area contributed by atoms with Gasteiger partial charge in [-0.3, -0.25) is 0 Å². The molecule has 0 aromatic carbocycles. The fraction of sp³-hybridized carbons (Fsp3) is 0.824. The minimum Gasteiger partial charge on any atom is -0.383 e. The number of aromatic nitrogens is 1. The van der Waals surface area contributed by atoms with Crippen molar-refractivity contribution in [1.82, 2.24) is 4.98 Å². The van der Waals surface area contributed by atoms with Gasteiger partial charge in [-0.25, -0.2) is 4.98 Å². The largest absolute Gasteiger partial charge is 0.383 e. The van der Waals surface area contributed by atoms with E-state index < -0.39 is 0 Å². The zero-order chi connectivity index (χ0) is 14.4. The molecule has 5 rings (SSSR count). The summed E-state index contributed by atoms with van der Waals surface area (Å²) in [5.41, 5.74) is 1.81. The molecule has 1 N–H and O–H groups in total. The Morgan fingerprint density at radius 3 is 2.48 bits per heavy atom. The van der Waals surface area contributed by atoms with Crippen molar-refractivity contribution in [3.63, 3.8) is 0 Å². The summed E-state index contributed by atoms with van der Waals surface area (Å²) in [5, 5.41) is 6.88. The number of rotatable bonds is 5. The first-order valence-corrected chi connectivity index (χ1v) is 9.26. The summed E-state index contributed by atoms with van der Waals surface area (Å²) in [6.45, 7) is 2.88. The van der Waals surface area contributed by atoms with Gasteiger partial charge in [0, 0.05) is 23.9 Å². The molecule has 0 radical (unpaired) electrons. The maximum atomic E-state index is 5.20. The third-order valence-electron chi connectivity index (χ3n) is 5.87. The lowest BCUT2D eigenvalue weighted by Crippen LogP contribution is -2.48. The molecule has 1 aromatic heterocycles. The highest BCUT2D eigenvalue weighted by Crippen LogP contribution is 2.60. The smallest absolute Gasteiger partial charge is 0.183 e. The van der Waals surface area contributed by atoms with Crippen molar-refractivity contribution in [3.05, 3.63) is 11.1 Å². The summed E-state index contributed by atoms with van der Waals surface area (Å²) in [5.74, 6) is 2.96. The lowest BCUT2D eigenvalue weighted by atomic mass is 9.49. The minimum atomic E-state index is 0.324. The second-order valence-corrected chi connectivity index (χ2v) is 8.59. The summed E-state index contributed by atoms with van der Waals surface area (Å²) in [6.07, 6.45) is 8.69. The molecule has 1 aromatic rings. The molecule has 0 amide bonds. The third-order valence-corrected chi connectivity index (χ3v) is 6.65. The highest BCUT2D eigenvalue weighted by molar-refractivity contribution is 7.13. The lowest BCUT2D eigenvalue weighted by molar-refractivity contribution is -0.00688. The second kappa shape index (κ2) is 5.24. The number of methoxy groups -OCH3 is 1. The van der Waals surface area contributed by atoms with Gasteiger partial charge in [-0.15, -0.1) is 11.3 Å². The number of nitrogens with one attached hydrogen (secondary N) is 1. The van der Waals surface area contributed by atoms with Gasteiger partial charge in [-0.05, 0) is 63.2 Å². The van der Waals surface area contributed by atoms with E-state index in [1.54, 1.807) is 18.4 Å². The Bertz CT molecular complexity index is 477. The van der Waals surface area contributed by atoms with Crippen LogP contribution in [0.3, 0.4) is 0 Å². The minimum absolute atomic E-state index is 0.324. The van der Waals surface area contributed by atoms with Crippen LogP contribution >= 0.6 is 11.3 Å². The molecule has 21 heavy (non-hydrogen) atoms. The van der Waals surface area contributed by atoms with Crippen LogP contribution < -0.4 is 5.32 Å². The van der Waals surface area contributed by atoms with Gasteiger partial charge in [0.15, 0.2) is 5.13 Å². The summed E-state index contributed by atoms with van der Waals surface area (Å²) in [4.78, 5) is 4.97. The molecule has 1 heterocycles. The molecule has 1 atom stereocenters. The first-order valence-electron chi connectivity index (χ1n) is 8.38. The molecular formula is C17H26N2OS. The maximum absolute atomic E-state index is 5.20. The van der Waals surface area contributed by atoms with E-state index in [0.717, 1.165) is 29.5 Å². The van der Waals surface area contributed by atoms with Gasteiger partial charge in [-0.2, -0.15) is 0 Å². The standard InChI is InChI=1S/C17H26N2OS/c1-11(9-20-2)18-16-19-15(10-21-16)17-6-12-3-13(7-17)5-14(4-12)8-17/h10-14H,3-9H2,1-2H3,(H,18,19)/t11-,12?,13?,14?,17?/m0/s1. The number of nitrogens with zero attached hydrogens (tertiary/aromatic N) is 1. The monoisotopic (exact) mass is 306 g/mol. The lowest BCUT2D eigenvalue weighted by Gasteiger charge is -2.56. The molecule has 4 heteroatoms. The first-order chi connectivity index (χ1) is 10.2. The molecule has 0 unspecified atom stereocenters. The SMILES string of the molecule is COC[C@H](C)Nc1nc(C23CC4CC(CC(C4)C2)C3)cs1. The number of hydrogen-bond acceptors (Lipinski definition) is 4. The van der Waals surface area contributed by atoms with Gasteiger partial charge in [0.1, 0.15) is 0 Å². The number of hydrogen-bond donors (Lipinski definition) is 1. The van der Waals surface area contributed by atoms with Gasteiger partial charge in [0.2, 0.25) is 0 Å². The van der Waals surface area contributed by atoms with Crippen molar-refractivity contribution in [2.24, 2.45) is 17.8 Å². The molecule has 3 nitrogen and oxygen atoms in total.